The van der Waals surface area contributed by atoms with Crippen LogP contribution in [-0.2, 0) is 0 Å². The quantitative estimate of drug-likeness (QED) is 0.752. The zero-order chi connectivity index (χ0) is 10.8. The van der Waals surface area contributed by atoms with E-state index in [1.54, 1.807) is 6.07 Å². The lowest BCUT2D eigenvalue weighted by atomic mass is 10.2. The number of H-pyrrole nitrogens is 1. The minimum atomic E-state index is -0.700. The molecule has 0 spiro atoms. The first-order valence-electron chi connectivity index (χ1n) is 4.34. The van der Waals surface area contributed by atoms with E-state index in [9.17, 15) is 8.78 Å². The van der Waals surface area contributed by atoms with Crippen LogP contribution in [0, 0.1) is 11.8 Å². The van der Waals surface area contributed by atoms with Crippen molar-refractivity contribution in [3.8, 4) is 11.3 Å². The van der Waals surface area contributed by atoms with Gasteiger partial charge in [0.25, 0.3) is 0 Å². The van der Waals surface area contributed by atoms with Crippen molar-refractivity contribution in [1.29, 1.82) is 0 Å². The van der Waals surface area contributed by atoms with Gasteiger partial charge in [-0.2, -0.15) is 4.39 Å². The normalized spacial score (nSPS) is 10.3. The molecule has 0 unspecified atom stereocenters. The highest BCUT2D eigenvalue weighted by molar-refractivity contribution is 5.64. The molecule has 2 aromatic rings. The smallest absolute Gasteiger partial charge is 0.222 e. The van der Waals surface area contributed by atoms with Crippen molar-refractivity contribution in [2.24, 2.45) is 0 Å². The summed E-state index contributed by atoms with van der Waals surface area (Å²) in [6.07, 6.45) is 4.11. The number of aromatic nitrogens is 2. The maximum absolute atomic E-state index is 13.6. The second kappa shape index (κ2) is 3.65. The molecular weight excluding hydrogens is 198 g/mol. The molecule has 2 aromatic heterocycles. The molecule has 0 aliphatic carbocycles. The molecule has 2 nitrogen and oxygen atoms in total. The fourth-order valence-corrected chi connectivity index (χ4v) is 1.34. The summed E-state index contributed by atoms with van der Waals surface area (Å²) in [5.41, 5.74) is 0.520. The van der Waals surface area contributed by atoms with E-state index in [-0.39, 0.29) is 11.3 Å². The van der Waals surface area contributed by atoms with Crippen molar-refractivity contribution in [2.75, 3.05) is 0 Å². The summed E-state index contributed by atoms with van der Waals surface area (Å²) in [6, 6.07) is 3.01. The lowest BCUT2D eigenvalue weighted by molar-refractivity contribution is 0.582. The van der Waals surface area contributed by atoms with Crippen LogP contribution in [0.1, 0.15) is 5.56 Å². The van der Waals surface area contributed by atoms with Gasteiger partial charge in [-0.25, -0.2) is 9.37 Å². The molecule has 0 saturated heterocycles. The van der Waals surface area contributed by atoms with Gasteiger partial charge in [-0.05, 0) is 12.1 Å². The van der Waals surface area contributed by atoms with Gasteiger partial charge in [0.15, 0.2) is 5.82 Å². The molecule has 0 radical (unpaired) electrons. The average Bonchev–Trinajstić information content (AvgIpc) is 2.60. The highest BCUT2D eigenvalue weighted by Crippen LogP contribution is 2.25. The molecule has 0 fully saturated rings. The van der Waals surface area contributed by atoms with E-state index in [1.807, 2.05) is 0 Å². The molecule has 15 heavy (non-hydrogen) atoms. The van der Waals surface area contributed by atoms with Gasteiger partial charge in [-0.3, -0.25) is 0 Å². The minimum Gasteiger partial charge on any atom is -0.358 e. The van der Waals surface area contributed by atoms with E-state index in [2.05, 4.69) is 16.5 Å². The van der Waals surface area contributed by atoms with E-state index in [4.69, 9.17) is 0 Å². The molecular formula is C11H8F2N2. The number of nitrogens with zero attached hydrogens (tertiary/aromatic N) is 1. The van der Waals surface area contributed by atoms with Gasteiger partial charge in [0.05, 0.1) is 11.3 Å². The molecule has 0 aliphatic heterocycles. The van der Waals surface area contributed by atoms with Crippen molar-refractivity contribution in [3.63, 3.8) is 0 Å². The van der Waals surface area contributed by atoms with Crippen LogP contribution >= 0.6 is 0 Å². The topological polar surface area (TPSA) is 28.7 Å². The van der Waals surface area contributed by atoms with Gasteiger partial charge in [0, 0.05) is 18.0 Å². The van der Waals surface area contributed by atoms with Crippen molar-refractivity contribution in [3.05, 3.63) is 48.4 Å². The number of aromatic amines is 1. The summed E-state index contributed by atoms with van der Waals surface area (Å²) >= 11 is 0. The van der Waals surface area contributed by atoms with E-state index in [0.717, 1.165) is 0 Å². The molecule has 0 aliphatic rings. The molecule has 0 amide bonds. The van der Waals surface area contributed by atoms with Gasteiger partial charge in [0.2, 0.25) is 5.95 Å². The third kappa shape index (κ3) is 1.54. The molecule has 0 bridgehead atoms. The molecule has 2 heterocycles. The highest BCUT2D eigenvalue weighted by Gasteiger charge is 2.14. The first-order valence-corrected chi connectivity index (χ1v) is 4.34. The maximum atomic E-state index is 13.6. The van der Waals surface area contributed by atoms with Crippen molar-refractivity contribution < 1.29 is 8.78 Å². The lowest BCUT2D eigenvalue weighted by Gasteiger charge is -1.99. The van der Waals surface area contributed by atoms with E-state index >= 15 is 0 Å². The molecule has 0 aromatic carbocycles. The zero-order valence-electron chi connectivity index (χ0n) is 7.80. The van der Waals surface area contributed by atoms with Gasteiger partial charge in [0.1, 0.15) is 0 Å². The molecule has 4 heteroatoms. The Hall–Kier alpha value is -1.97. The number of rotatable bonds is 2. The van der Waals surface area contributed by atoms with Crippen LogP contribution in [0.15, 0.2) is 31.1 Å². The van der Waals surface area contributed by atoms with Crippen LogP contribution in [-0.4, -0.2) is 9.97 Å². The Bertz CT molecular complexity index is 503. The summed E-state index contributed by atoms with van der Waals surface area (Å²) in [4.78, 5) is 6.11. The summed E-state index contributed by atoms with van der Waals surface area (Å²) in [7, 11) is 0. The second-order valence-corrected chi connectivity index (χ2v) is 2.98. The Morgan fingerprint density at radius 1 is 1.40 bits per heavy atom. The molecule has 0 saturated carbocycles. The fraction of sp³-hybridized carbons (Fsp3) is 0. The highest BCUT2D eigenvalue weighted by atomic mass is 19.1. The summed E-state index contributed by atoms with van der Waals surface area (Å²) in [6.45, 7) is 3.45. The van der Waals surface area contributed by atoms with E-state index in [0.29, 0.717) is 5.56 Å². The van der Waals surface area contributed by atoms with Crippen LogP contribution in [0.4, 0.5) is 8.78 Å². The predicted octanol–water partition coefficient (Wildman–Crippen LogP) is 3.00. The Morgan fingerprint density at radius 2 is 2.20 bits per heavy atom. The Balaban J connectivity index is 2.59. The van der Waals surface area contributed by atoms with Crippen molar-refractivity contribution in [1.82, 2.24) is 9.97 Å². The monoisotopic (exact) mass is 206 g/mol. The Kier molecular flexibility index (Phi) is 2.33. The van der Waals surface area contributed by atoms with Crippen LogP contribution in [0.25, 0.3) is 17.3 Å². The van der Waals surface area contributed by atoms with Gasteiger partial charge < -0.3 is 4.98 Å². The summed E-state index contributed by atoms with van der Waals surface area (Å²) < 4.78 is 26.8. The van der Waals surface area contributed by atoms with Crippen molar-refractivity contribution in [2.45, 2.75) is 0 Å². The number of hydrogen-bond donors (Lipinski definition) is 1. The number of hydrogen-bond acceptors (Lipinski definition) is 1. The average molecular weight is 206 g/mol. The van der Waals surface area contributed by atoms with Gasteiger partial charge in [-0.1, -0.05) is 12.7 Å². The van der Waals surface area contributed by atoms with Crippen LogP contribution < -0.4 is 0 Å². The van der Waals surface area contributed by atoms with Gasteiger partial charge >= 0.3 is 0 Å². The zero-order valence-corrected chi connectivity index (χ0v) is 7.80. The summed E-state index contributed by atoms with van der Waals surface area (Å²) in [5.74, 6) is -1.22. The number of nitrogens with one attached hydrogen (secondary N) is 1. The lowest BCUT2D eigenvalue weighted by Crippen LogP contribution is -1.89. The molecule has 1 N–H and O–H groups in total. The first-order chi connectivity index (χ1) is 7.24. The number of pyridine rings is 1. The minimum absolute atomic E-state index is 0.0931. The molecule has 2 rings (SSSR count). The van der Waals surface area contributed by atoms with Crippen LogP contribution in [0.5, 0.6) is 0 Å². The maximum Gasteiger partial charge on any atom is 0.222 e. The SMILES string of the molecule is C=Cc1c[nH]c(-c2cccnc2F)c1F. The third-order valence-electron chi connectivity index (χ3n) is 2.09. The summed E-state index contributed by atoms with van der Waals surface area (Å²) in [5, 5.41) is 0. The van der Waals surface area contributed by atoms with E-state index < -0.39 is 11.8 Å². The van der Waals surface area contributed by atoms with E-state index in [1.165, 1.54) is 24.5 Å². The van der Waals surface area contributed by atoms with Gasteiger partial charge in [-0.15, -0.1) is 0 Å². The van der Waals surface area contributed by atoms with Crippen molar-refractivity contribution >= 4 is 6.08 Å². The Morgan fingerprint density at radius 3 is 2.80 bits per heavy atom. The molecule has 0 atom stereocenters. The predicted molar refractivity (Wildman–Crippen MR) is 54.0 cm³/mol. The Labute approximate surface area is 85.3 Å². The number of halogens is 2. The van der Waals surface area contributed by atoms with Crippen LogP contribution in [0.2, 0.25) is 0 Å². The second-order valence-electron chi connectivity index (χ2n) is 2.98. The molecule has 76 valence electrons. The third-order valence-corrected chi connectivity index (χ3v) is 2.09. The standard InChI is InChI=1S/C11H8F2N2/c1-2-7-6-15-10(9(7)12)8-4-3-5-14-11(8)13/h2-6,15H,1H2. The van der Waals surface area contributed by atoms with Crippen LogP contribution in [0.3, 0.4) is 0 Å². The first kappa shape index (κ1) is 9.58. The fourth-order valence-electron chi connectivity index (χ4n) is 1.34. The largest absolute Gasteiger partial charge is 0.358 e.